The fraction of sp³-hybridized carbons (Fsp3) is 0.333. The molecule has 0 aliphatic carbocycles. The van der Waals surface area contributed by atoms with Gasteiger partial charge in [-0.3, -0.25) is 4.79 Å². The highest BCUT2D eigenvalue weighted by atomic mass is 16.6. The van der Waals surface area contributed by atoms with Crippen molar-refractivity contribution < 1.29 is 18.7 Å². The number of ether oxygens (including phenoxy) is 1. The van der Waals surface area contributed by atoms with Crippen LogP contribution in [-0.4, -0.2) is 17.5 Å². The molecule has 2 heterocycles. The molecule has 1 aromatic heterocycles. The molecule has 3 rings (SSSR count). The van der Waals surface area contributed by atoms with Crippen LogP contribution in [0.25, 0.3) is 0 Å². The maximum Gasteiger partial charge on any atom is 0.339 e. The van der Waals surface area contributed by atoms with Crippen LogP contribution in [0.4, 0.5) is 0 Å². The van der Waals surface area contributed by atoms with Crippen molar-refractivity contribution in [3.63, 3.8) is 0 Å². The summed E-state index contributed by atoms with van der Waals surface area (Å²) in [6, 6.07) is 10.6. The number of aryl methyl sites for hydroxylation is 1. The van der Waals surface area contributed by atoms with Gasteiger partial charge in [-0.25, -0.2) is 4.79 Å². The van der Waals surface area contributed by atoms with Crippen LogP contribution in [0.3, 0.4) is 0 Å². The van der Waals surface area contributed by atoms with Crippen molar-refractivity contribution in [3.05, 3.63) is 59.0 Å². The molecule has 1 aliphatic heterocycles. The molecular formula is C18H19NO4. The van der Waals surface area contributed by atoms with Crippen LogP contribution in [0.2, 0.25) is 0 Å². The van der Waals surface area contributed by atoms with E-state index in [1.54, 1.807) is 19.1 Å². The van der Waals surface area contributed by atoms with Crippen LogP contribution in [0.15, 0.2) is 40.8 Å². The highest BCUT2D eigenvalue weighted by Crippen LogP contribution is 2.29. The van der Waals surface area contributed by atoms with Gasteiger partial charge >= 0.3 is 5.97 Å². The third kappa shape index (κ3) is 2.86. The van der Waals surface area contributed by atoms with Crippen LogP contribution in [0, 0.1) is 6.92 Å². The second-order valence-electron chi connectivity index (χ2n) is 6.10. The Kier molecular flexibility index (Phi) is 3.72. The minimum absolute atomic E-state index is 0.302. The molecule has 23 heavy (non-hydrogen) atoms. The van der Waals surface area contributed by atoms with E-state index < -0.39 is 11.6 Å². The number of nitrogens with one attached hydrogen (secondary N) is 1. The van der Waals surface area contributed by atoms with Gasteiger partial charge < -0.3 is 14.5 Å². The van der Waals surface area contributed by atoms with E-state index >= 15 is 0 Å². The number of carbonyl (C=O) groups is 2. The Hall–Kier alpha value is -2.56. The van der Waals surface area contributed by atoms with Crippen LogP contribution in [0.1, 0.15) is 47.3 Å². The number of fused-ring (bicyclic) bond motifs is 1. The van der Waals surface area contributed by atoms with E-state index in [0.29, 0.717) is 17.7 Å². The molecule has 0 saturated heterocycles. The van der Waals surface area contributed by atoms with E-state index in [0.717, 1.165) is 11.3 Å². The van der Waals surface area contributed by atoms with E-state index in [9.17, 15) is 9.59 Å². The first kappa shape index (κ1) is 15.3. The fourth-order valence-corrected chi connectivity index (χ4v) is 2.77. The van der Waals surface area contributed by atoms with Crippen LogP contribution in [-0.2, 0) is 16.0 Å². The molecule has 2 unspecified atom stereocenters. The molecule has 5 heteroatoms. The van der Waals surface area contributed by atoms with Crippen molar-refractivity contribution >= 4 is 11.9 Å². The maximum absolute atomic E-state index is 12.6. The lowest BCUT2D eigenvalue weighted by molar-refractivity contribution is -0.140. The summed E-state index contributed by atoms with van der Waals surface area (Å²) in [7, 11) is 0. The van der Waals surface area contributed by atoms with Gasteiger partial charge in [0.05, 0.1) is 11.6 Å². The molecule has 120 valence electrons. The normalized spacial score (nSPS) is 21.3. The van der Waals surface area contributed by atoms with Gasteiger partial charge in [-0.2, -0.15) is 0 Å². The van der Waals surface area contributed by atoms with Crippen LogP contribution in [0.5, 0.6) is 0 Å². The van der Waals surface area contributed by atoms with Gasteiger partial charge in [0, 0.05) is 6.42 Å². The molecule has 1 amide bonds. The molecule has 2 aromatic rings. The predicted octanol–water partition coefficient (Wildman–Crippen LogP) is 2.94. The number of cyclic esters (lactones) is 1. The SMILES string of the molecule is Cc1ccc(C(C)NC(=O)C2(C)Cc3ccccc3C(=O)O2)o1. The molecular weight excluding hydrogens is 294 g/mol. The first-order valence-corrected chi connectivity index (χ1v) is 7.57. The minimum Gasteiger partial charge on any atom is -0.464 e. The number of rotatable bonds is 3. The molecule has 5 nitrogen and oxygen atoms in total. The predicted molar refractivity (Wildman–Crippen MR) is 84.0 cm³/mol. The van der Waals surface area contributed by atoms with Gasteiger partial charge in [0.15, 0.2) is 5.60 Å². The third-order valence-electron chi connectivity index (χ3n) is 4.10. The molecule has 1 N–H and O–H groups in total. The Morgan fingerprint density at radius 2 is 2.00 bits per heavy atom. The Labute approximate surface area is 134 Å². The first-order chi connectivity index (χ1) is 10.9. The van der Waals surface area contributed by atoms with Gasteiger partial charge in [0.2, 0.25) is 0 Å². The molecule has 0 radical (unpaired) electrons. The molecule has 0 saturated carbocycles. The van der Waals surface area contributed by atoms with E-state index in [1.165, 1.54) is 0 Å². The average molecular weight is 313 g/mol. The molecule has 0 spiro atoms. The maximum atomic E-state index is 12.6. The standard InChI is InChI=1S/C18H19NO4/c1-11-8-9-15(22-11)12(2)19-17(21)18(3)10-13-6-4-5-7-14(13)16(20)23-18/h4-9,12H,10H2,1-3H3,(H,19,21). The quantitative estimate of drug-likeness (QED) is 0.885. The number of furan rings is 1. The average Bonchev–Trinajstić information content (AvgIpc) is 2.94. The monoisotopic (exact) mass is 313 g/mol. The Morgan fingerprint density at radius 3 is 2.70 bits per heavy atom. The molecule has 0 fully saturated rings. The lowest BCUT2D eigenvalue weighted by Gasteiger charge is -2.33. The summed E-state index contributed by atoms with van der Waals surface area (Å²) >= 11 is 0. The van der Waals surface area contributed by atoms with E-state index in [1.807, 2.05) is 38.1 Å². The number of carbonyl (C=O) groups excluding carboxylic acids is 2. The van der Waals surface area contributed by atoms with Crippen molar-refractivity contribution in [2.75, 3.05) is 0 Å². The van der Waals surface area contributed by atoms with Crippen molar-refractivity contribution in [2.24, 2.45) is 0 Å². The highest BCUT2D eigenvalue weighted by Gasteiger charge is 2.43. The topological polar surface area (TPSA) is 68.5 Å². The number of hydrogen-bond donors (Lipinski definition) is 1. The van der Waals surface area contributed by atoms with Gasteiger partial charge in [0.1, 0.15) is 11.5 Å². The molecule has 1 aromatic carbocycles. The van der Waals surface area contributed by atoms with Gasteiger partial charge in [-0.15, -0.1) is 0 Å². The summed E-state index contributed by atoms with van der Waals surface area (Å²) in [6.45, 7) is 5.31. The minimum atomic E-state index is -1.22. The zero-order valence-corrected chi connectivity index (χ0v) is 13.4. The lowest BCUT2D eigenvalue weighted by atomic mass is 9.89. The first-order valence-electron chi connectivity index (χ1n) is 7.57. The summed E-state index contributed by atoms with van der Waals surface area (Å²) in [5, 5.41) is 2.86. The van der Waals surface area contributed by atoms with Crippen LogP contribution >= 0.6 is 0 Å². The van der Waals surface area contributed by atoms with E-state index in [4.69, 9.17) is 9.15 Å². The van der Waals surface area contributed by atoms with E-state index in [-0.39, 0.29) is 11.9 Å². The molecule has 2 atom stereocenters. The fourth-order valence-electron chi connectivity index (χ4n) is 2.77. The van der Waals surface area contributed by atoms with Gasteiger partial charge in [-0.05, 0) is 44.5 Å². The van der Waals surface area contributed by atoms with Crippen LogP contribution < -0.4 is 5.32 Å². The third-order valence-corrected chi connectivity index (χ3v) is 4.10. The lowest BCUT2D eigenvalue weighted by Crippen LogP contribution is -2.52. The van der Waals surface area contributed by atoms with Crippen molar-refractivity contribution in [1.29, 1.82) is 0 Å². The Balaban J connectivity index is 1.78. The van der Waals surface area contributed by atoms with Crippen molar-refractivity contribution in [3.8, 4) is 0 Å². The number of esters is 1. The molecule has 1 aliphatic rings. The second-order valence-corrected chi connectivity index (χ2v) is 6.10. The number of hydrogen-bond acceptors (Lipinski definition) is 4. The largest absolute Gasteiger partial charge is 0.464 e. The zero-order valence-electron chi connectivity index (χ0n) is 13.4. The van der Waals surface area contributed by atoms with Gasteiger partial charge in [-0.1, -0.05) is 18.2 Å². The summed E-state index contributed by atoms with van der Waals surface area (Å²) in [4.78, 5) is 24.8. The summed E-state index contributed by atoms with van der Waals surface area (Å²) < 4.78 is 10.9. The number of amides is 1. The number of benzene rings is 1. The van der Waals surface area contributed by atoms with Crippen molar-refractivity contribution in [1.82, 2.24) is 5.32 Å². The smallest absolute Gasteiger partial charge is 0.339 e. The highest BCUT2D eigenvalue weighted by molar-refractivity contribution is 5.97. The Bertz CT molecular complexity index is 764. The van der Waals surface area contributed by atoms with E-state index in [2.05, 4.69) is 5.32 Å². The van der Waals surface area contributed by atoms with Crippen molar-refractivity contribution in [2.45, 2.75) is 38.8 Å². The zero-order chi connectivity index (χ0) is 16.6. The molecule has 0 bridgehead atoms. The summed E-state index contributed by atoms with van der Waals surface area (Å²) in [5.74, 6) is 0.653. The Morgan fingerprint density at radius 1 is 1.26 bits per heavy atom. The summed E-state index contributed by atoms with van der Waals surface area (Å²) in [6.07, 6.45) is 0.352. The van der Waals surface area contributed by atoms with Gasteiger partial charge in [0.25, 0.3) is 5.91 Å². The second kappa shape index (κ2) is 5.57. The summed E-state index contributed by atoms with van der Waals surface area (Å²) in [5.41, 5.74) is 0.122.